The van der Waals surface area contributed by atoms with Crippen molar-refractivity contribution in [2.45, 2.75) is 24.0 Å². The average molecular weight is 305 g/mol. The van der Waals surface area contributed by atoms with E-state index < -0.39 is 12.5 Å². The molecule has 1 aliphatic heterocycles. The molecule has 0 saturated heterocycles. The van der Waals surface area contributed by atoms with Crippen LogP contribution < -0.4 is 14.8 Å². The first kappa shape index (κ1) is 15.3. The zero-order chi connectivity index (χ0) is 14.5. The Morgan fingerprint density at radius 1 is 1.30 bits per heavy atom. The van der Waals surface area contributed by atoms with Gasteiger partial charge < -0.3 is 19.9 Å². The first-order valence-electron chi connectivity index (χ1n) is 6.25. The molecule has 0 aromatic heterocycles. The lowest BCUT2D eigenvalue weighted by Crippen LogP contribution is -2.31. The Bertz CT molecular complexity index is 459. The molecule has 0 spiro atoms. The van der Waals surface area contributed by atoms with Gasteiger partial charge in [0.2, 0.25) is 0 Å². The van der Waals surface area contributed by atoms with E-state index in [1.54, 1.807) is 11.8 Å². The summed E-state index contributed by atoms with van der Waals surface area (Å²) in [6, 6.07) is 3.74. The van der Waals surface area contributed by atoms with E-state index in [4.69, 9.17) is 14.6 Å². The lowest BCUT2D eigenvalue weighted by atomic mass is 10.2. The van der Waals surface area contributed by atoms with E-state index in [1.165, 1.54) is 0 Å². The molecular weight excluding hydrogens is 288 g/mol. The summed E-state index contributed by atoms with van der Waals surface area (Å²) in [5.41, 5.74) is 0.934. The van der Waals surface area contributed by atoms with Gasteiger partial charge in [-0.1, -0.05) is 0 Å². The van der Waals surface area contributed by atoms with Crippen molar-refractivity contribution in [3.63, 3.8) is 0 Å². The SMILES string of the molecule is CSc1cc2c(cc1CNCC(O)C(F)F)OCCO2. The average Bonchev–Trinajstić information content (AvgIpc) is 2.46. The molecule has 0 bridgehead atoms. The number of fused-ring (bicyclic) bond motifs is 1. The molecule has 7 heteroatoms. The molecular formula is C13H17F2NO3S. The fraction of sp³-hybridized carbons (Fsp3) is 0.538. The summed E-state index contributed by atoms with van der Waals surface area (Å²) in [5.74, 6) is 1.37. The Hall–Kier alpha value is -1.05. The third-order valence-corrected chi connectivity index (χ3v) is 3.72. The number of halogens is 2. The Kier molecular flexibility index (Phi) is 5.45. The standard InChI is InChI=1S/C13H17F2NO3S/c1-20-12-5-11-10(18-2-3-19-11)4-8(12)6-16-7-9(17)13(14)15/h4-5,9,13,16-17H,2-3,6-7H2,1H3. The Balaban J connectivity index is 2.03. The summed E-state index contributed by atoms with van der Waals surface area (Å²) in [5, 5.41) is 11.9. The maximum atomic E-state index is 12.2. The van der Waals surface area contributed by atoms with Gasteiger partial charge in [0.1, 0.15) is 19.3 Å². The fourth-order valence-electron chi connectivity index (χ4n) is 1.88. The Morgan fingerprint density at radius 2 is 1.95 bits per heavy atom. The molecule has 20 heavy (non-hydrogen) atoms. The van der Waals surface area contributed by atoms with Gasteiger partial charge in [-0.05, 0) is 24.0 Å². The molecule has 4 nitrogen and oxygen atoms in total. The van der Waals surface area contributed by atoms with Crippen LogP contribution in [0.1, 0.15) is 5.56 Å². The largest absolute Gasteiger partial charge is 0.486 e. The highest BCUT2D eigenvalue weighted by molar-refractivity contribution is 7.98. The molecule has 2 rings (SSSR count). The van der Waals surface area contributed by atoms with E-state index in [0.29, 0.717) is 31.3 Å². The van der Waals surface area contributed by atoms with Crippen LogP contribution >= 0.6 is 11.8 Å². The number of hydrogen-bond acceptors (Lipinski definition) is 5. The predicted molar refractivity (Wildman–Crippen MR) is 72.9 cm³/mol. The molecule has 1 aliphatic rings. The summed E-state index contributed by atoms with van der Waals surface area (Å²) in [6.07, 6.45) is -2.45. The van der Waals surface area contributed by atoms with Crippen molar-refractivity contribution < 1.29 is 23.4 Å². The van der Waals surface area contributed by atoms with Crippen LogP contribution in [0.3, 0.4) is 0 Å². The predicted octanol–water partition coefficient (Wildman–Crippen LogP) is 1.90. The highest BCUT2D eigenvalue weighted by Crippen LogP contribution is 2.36. The van der Waals surface area contributed by atoms with Crippen molar-refractivity contribution in [1.82, 2.24) is 5.32 Å². The molecule has 2 N–H and O–H groups in total. The number of nitrogens with one attached hydrogen (secondary N) is 1. The van der Waals surface area contributed by atoms with Gasteiger partial charge in [0.25, 0.3) is 6.43 Å². The van der Waals surface area contributed by atoms with Gasteiger partial charge >= 0.3 is 0 Å². The van der Waals surface area contributed by atoms with Gasteiger partial charge in [0, 0.05) is 18.0 Å². The van der Waals surface area contributed by atoms with Gasteiger partial charge in [0.15, 0.2) is 11.5 Å². The lowest BCUT2D eigenvalue weighted by molar-refractivity contribution is -0.00343. The van der Waals surface area contributed by atoms with Gasteiger partial charge in [0.05, 0.1) is 0 Å². The highest BCUT2D eigenvalue weighted by Gasteiger charge is 2.18. The number of hydrogen-bond donors (Lipinski definition) is 2. The molecule has 1 unspecified atom stereocenters. The second-order valence-corrected chi connectivity index (χ2v) is 5.19. The zero-order valence-corrected chi connectivity index (χ0v) is 11.9. The van der Waals surface area contributed by atoms with E-state index in [-0.39, 0.29) is 6.54 Å². The third-order valence-electron chi connectivity index (χ3n) is 2.91. The zero-order valence-electron chi connectivity index (χ0n) is 11.1. The highest BCUT2D eigenvalue weighted by atomic mass is 32.2. The number of aliphatic hydroxyl groups is 1. The molecule has 1 aromatic rings. The molecule has 1 heterocycles. The van der Waals surface area contributed by atoms with Gasteiger partial charge in [-0.3, -0.25) is 0 Å². The van der Waals surface area contributed by atoms with Gasteiger partial charge in [-0.25, -0.2) is 8.78 Å². The number of benzene rings is 1. The summed E-state index contributed by atoms with van der Waals surface area (Å²) in [4.78, 5) is 0.994. The first-order valence-corrected chi connectivity index (χ1v) is 7.47. The minimum atomic E-state index is -2.73. The van der Waals surface area contributed by atoms with Crippen molar-refractivity contribution in [2.24, 2.45) is 0 Å². The van der Waals surface area contributed by atoms with E-state index in [9.17, 15) is 8.78 Å². The summed E-state index contributed by atoms with van der Waals surface area (Å²) in [6.45, 7) is 1.26. The molecule has 1 aromatic carbocycles. The van der Waals surface area contributed by atoms with Crippen molar-refractivity contribution in [3.05, 3.63) is 17.7 Å². The monoisotopic (exact) mass is 305 g/mol. The van der Waals surface area contributed by atoms with E-state index in [0.717, 1.165) is 10.5 Å². The van der Waals surface area contributed by atoms with Crippen LogP contribution in [0.25, 0.3) is 0 Å². The number of thioether (sulfide) groups is 1. The molecule has 0 amide bonds. The molecule has 1 atom stereocenters. The summed E-state index contributed by atoms with van der Waals surface area (Å²) >= 11 is 1.55. The van der Waals surface area contributed by atoms with E-state index in [1.807, 2.05) is 18.4 Å². The smallest absolute Gasteiger partial charge is 0.265 e. The quantitative estimate of drug-likeness (QED) is 0.786. The number of ether oxygens (including phenoxy) is 2. The minimum absolute atomic E-state index is 0.153. The molecule has 0 radical (unpaired) electrons. The Morgan fingerprint density at radius 3 is 2.55 bits per heavy atom. The van der Waals surface area contributed by atoms with Crippen molar-refractivity contribution in [3.8, 4) is 11.5 Å². The molecule has 0 saturated carbocycles. The molecule has 112 valence electrons. The van der Waals surface area contributed by atoms with Crippen LogP contribution in [0, 0.1) is 0 Å². The number of aliphatic hydroxyl groups excluding tert-OH is 1. The Labute approximate surface area is 120 Å². The van der Waals surface area contributed by atoms with Crippen LogP contribution in [-0.2, 0) is 6.54 Å². The third kappa shape index (κ3) is 3.74. The molecule has 0 aliphatic carbocycles. The topological polar surface area (TPSA) is 50.7 Å². The fourth-order valence-corrected chi connectivity index (χ4v) is 2.50. The van der Waals surface area contributed by atoms with Crippen molar-refractivity contribution in [2.75, 3.05) is 26.0 Å². The maximum absolute atomic E-state index is 12.2. The number of rotatable bonds is 6. The lowest BCUT2D eigenvalue weighted by Gasteiger charge is -2.21. The van der Waals surface area contributed by atoms with Gasteiger partial charge in [-0.2, -0.15) is 0 Å². The minimum Gasteiger partial charge on any atom is -0.486 e. The van der Waals surface area contributed by atoms with Crippen molar-refractivity contribution >= 4 is 11.8 Å². The van der Waals surface area contributed by atoms with Crippen molar-refractivity contribution in [1.29, 1.82) is 0 Å². The van der Waals surface area contributed by atoms with Crippen LogP contribution in [0.4, 0.5) is 8.78 Å². The summed E-state index contributed by atoms with van der Waals surface area (Å²) < 4.78 is 35.4. The van der Waals surface area contributed by atoms with Gasteiger partial charge in [-0.15, -0.1) is 11.8 Å². The van der Waals surface area contributed by atoms with E-state index >= 15 is 0 Å². The van der Waals surface area contributed by atoms with Crippen LogP contribution in [0.15, 0.2) is 17.0 Å². The van der Waals surface area contributed by atoms with Crippen LogP contribution in [0.2, 0.25) is 0 Å². The second kappa shape index (κ2) is 7.10. The first-order chi connectivity index (χ1) is 9.61. The second-order valence-electron chi connectivity index (χ2n) is 4.34. The van der Waals surface area contributed by atoms with Crippen LogP contribution in [0.5, 0.6) is 11.5 Å². The summed E-state index contributed by atoms with van der Waals surface area (Å²) in [7, 11) is 0. The van der Waals surface area contributed by atoms with E-state index in [2.05, 4.69) is 5.32 Å². The molecule has 0 fully saturated rings. The normalized spacial score (nSPS) is 15.4. The number of alkyl halides is 2. The maximum Gasteiger partial charge on any atom is 0.265 e. The van der Waals surface area contributed by atoms with Crippen LogP contribution in [-0.4, -0.2) is 43.7 Å².